The van der Waals surface area contributed by atoms with E-state index in [0.29, 0.717) is 0 Å². The fraction of sp³-hybridized carbons (Fsp3) is 0.190. The molecule has 0 aliphatic heterocycles. The van der Waals surface area contributed by atoms with Crippen molar-refractivity contribution in [3.05, 3.63) is 208 Å². The molecule has 0 bridgehead atoms. The maximum atomic E-state index is 5.16. The zero-order chi connectivity index (χ0) is 43.2. The van der Waals surface area contributed by atoms with Crippen molar-refractivity contribution < 1.29 is 0 Å². The molecule has 1 heterocycles. The Morgan fingerprint density at radius 1 is 0.733 bits per heavy atom. The van der Waals surface area contributed by atoms with Crippen LogP contribution < -0.4 is 0 Å². The number of benzene rings is 6. The molecule has 304 valence electrons. The molecule has 0 radical (unpaired) electrons. The average Bonchev–Trinajstić information content (AvgIpc) is 3.66. The molecular weight excluding hydrogens is 743 g/mol. The predicted octanol–water partition coefficient (Wildman–Crippen LogP) is 17.9. The first-order valence-electron chi connectivity index (χ1n) is 21.4. The SMILES string of the molecule is C/C=C\c1cc(/C(=C\CC)N=C(CC)c2cccc3ccccc23)ccc1C.C=Cc1sc2ccccc2c1/C(=C\C)c1cccc(-c2cccc(C(=C)C)c2)c1C.CC. The van der Waals surface area contributed by atoms with E-state index >= 15 is 0 Å². The molecule has 7 aromatic rings. The van der Waals surface area contributed by atoms with Gasteiger partial charge in [-0.1, -0.05) is 186 Å². The Labute approximate surface area is 364 Å². The minimum absolute atomic E-state index is 0.892. The van der Waals surface area contributed by atoms with Crippen molar-refractivity contribution in [2.45, 2.75) is 75.2 Å². The molecule has 1 aromatic heterocycles. The van der Waals surface area contributed by atoms with E-state index < -0.39 is 0 Å². The van der Waals surface area contributed by atoms with E-state index in [0.717, 1.165) is 29.8 Å². The van der Waals surface area contributed by atoms with E-state index in [1.807, 2.05) is 19.9 Å². The van der Waals surface area contributed by atoms with E-state index in [9.17, 15) is 0 Å². The van der Waals surface area contributed by atoms with Crippen molar-refractivity contribution in [2.75, 3.05) is 0 Å². The van der Waals surface area contributed by atoms with E-state index in [-0.39, 0.29) is 0 Å². The van der Waals surface area contributed by atoms with Gasteiger partial charge in [0.05, 0.1) is 5.70 Å². The Hall–Kier alpha value is -6.09. The van der Waals surface area contributed by atoms with Crippen LogP contribution >= 0.6 is 11.3 Å². The smallest absolute Gasteiger partial charge is 0.0665 e. The first kappa shape index (κ1) is 45.0. The van der Waals surface area contributed by atoms with Gasteiger partial charge in [0.15, 0.2) is 0 Å². The van der Waals surface area contributed by atoms with E-state index in [4.69, 9.17) is 4.99 Å². The number of rotatable bonds is 11. The quantitative estimate of drug-likeness (QED) is 0.116. The standard InChI is InChI=1S/C29H26S.C27H29N.C2H6/c1-6-23(29-26-14-8-9-17-28(26)30-27(29)7-2)25-16-11-15-24(20(25)5)22-13-10-12-21(18-22)19(3)4;1-5-11-22-19-23(18-17-20(22)4)27(12-6-2)28-26(7-3)25-16-10-14-21-13-8-9-15-24(21)25;1-2/h6-18H,2-3H2,1,4-5H3;5,8-19H,6-7H2,1-4H3;1-2H3/b23-6-;11-5-,27-12+,28-26?;. The second-order valence-corrected chi connectivity index (χ2v) is 15.7. The van der Waals surface area contributed by atoms with Crippen LogP contribution in [0.5, 0.6) is 0 Å². The third-order valence-electron chi connectivity index (χ3n) is 10.7. The van der Waals surface area contributed by atoms with Gasteiger partial charge in [-0.05, 0) is 121 Å². The summed E-state index contributed by atoms with van der Waals surface area (Å²) in [6.45, 7) is 27.2. The monoisotopic (exact) mass is 803 g/mol. The van der Waals surface area contributed by atoms with Gasteiger partial charge in [0.1, 0.15) is 0 Å². The molecular formula is C58H61NS. The number of aliphatic imine (C=N–C) groups is 1. The molecule has 0 atom stereocenters. The Morgan fingerprint density at radius 2 is 1.42 bits per heavy atom. The molecule has 0 saturated heterocycles. The van der Waals surface area contributed by atoms with Crippen molar-refractivity contribution in [3.63, 3.8) is 0 Å². The highest BCUT2D eigenvalue weighted by molar-refractivity contribution is 7.20. The molecule has 6 aromatic carbocycles. The molecule has 0 saturated carbocycles. The summed E-state index contributed by atoms with van der Waals surface area (Å²) in [4.78, 5) is 6.38. The van der Waals surface area contributed by atoms with Gasteiger partial charge >= 0.3 is 0 Å². The fourth-order valence-corrected chi connectivity index (χ4v) is 8.71. The van der Waals surface area contributed by atoms with Crippen LogP contribution in [0.15, 0.2) is 164 Å². The molecule has 2 heteroatoms. The van der Waals surface area contributed by atoms with Gasteiger partial charge in [0.25, 0.3) is 0 Å². The largest absolute Gasteiger partial charge is 0.253 e. The molecule has 7 rings (SSSR count). The van der Waals surface area contributed by atoms with E-state index in [1.165, 1.54) is 86.9 Å². The maximum absolute atomic E-state index is 5.16. The van der Waals surface area contributed by atoms with Crippen molar-refractivity contribution in [3.8, 4) is 11.1 Å². The molecule has 0 aliphatic carbocycles. The molecule has 0 fully saturated rings. The summed E-state index contributed by atoms with van der Waals surface area (Å²) >= 11 is 1.81. The summed E-state index contributed by atoms with van der Waals surface area (Å²) in [5, 5.41) is 3.81. The van der Waals surface area contributed by atoms with Crippen molar-refractivity contribution in [1.82, 2.24) is 0 Å². The first-order valence-corrected chi connectivity index (χ1v) is 22.2. The Kier molecular flexibility index (Phi) is 16.3. The van der Waals surface area contributed by atoms with Gasteiger partial charge < -0.3 is 0 Å². The first-order chi connectivity index (χ1) is 29.2. The lowest BCUT2D eigenvalue weighted by Gasteiger charge is -2.16. The van der Waals surface area contributed by atoms with Crippen LogP contribution in [0.4, 0.5) is 0 Å². The zero-order valence-electron chi connectivity index (χ0n) is 37.2. The van der Waals surface area contributed by atoms with Crippen LogP contribution in [0.25, 0.3) is 61.0 Å². The zero-order valence-corrected chi connectivity index (χ0v) is 38.0. The Bertz CT molecular complexity index is 2720. The third kappa shape index (κ3) is 10.2. The van der Waals surface area contributed by atoms with Gasteiger partial charge in [-0.25, -0.2) is 0 Å². The van der Waals surface area contributed by atoms with Crippen molar-refractivity contribution in [2.24, 2.45) is 4.99 Å². The summed E-state index contributed by atoms with van der Waals surface area (Å²) < 4.78 is 1.30. The molecule has 0 unspecified atom stereocenters. The van der Waals surface area contributed by atoms with Crippen molar-refractivity contribution >= 4 is 66.9 Å². The highest BCUT2D eigenvalue weighted by atomic mass is 32.1. The number of hydrogen-bond donors (Lipinski definition) is 0. The number of hydrogen-bond acceptors (Lipinski definition) is 2. The van der Waals surface area contributed by atoms with Gasteiger partial charge in [0, 0.05) is 37.4 Å². The van der Waals surface area contributed by atoms with E-state index in [2.05, 4.69) is 213 Å². The molecule has 0 amide bonds. The van der Waals surface area contributed by atoms with Crippen molar-refractivity contribution in [1.29, 1.82) is 0 Å². The summed E-state index contributed by atoms with van der Waals surface area (Å²) in [6.07, 6.45) is 12.5. The Morgan fingerprint density at radius 3 is 2.12 bits per heavy atom. The molecule has 1 nitrogen and oxygen atoms in total. The van der Waals surface area contributed by atoms with Gasteiger partial charge in [0.2, 0.25) is 0 Å². The summed E-state index contributed by atoms with van der Waals surface area (Å²) in [6, 6.07) is 45.5. The third-order valence-corrected chi connectivity index (χ3v) is 11.8. The highest BCUT2D eigenvalue weighted by Crippen LogP contribution is 2.41. The van der Waals surface area contributed by atoms with Crippen LogP contribution in [0, 0.1) is 13.8 Å². The number of nitrogens with zero attached hydrogens (tertiary/aromatic N) is 1. The van der Waals surface area contributed by atoms with E-state index in [1.54, 1.807) is 11.3 Å². The summed E-state index contributed by atoms with van der Waals surface area (Å²) in [7, 11) is 0. The minimum atomic E-state index is 0.892. The molecule has 0 spiro atoms. The fourth-order valence-electron chi connectivity index (χ4n) is 7.65. The predicted molar refractivity (Wildman–Crippen MR) is 272 cm³/mol. The molecule has 0 N–H and O–H groups in total. The maximum Gasteiger partial charge on any atom is 0.0665 e. The average molecular weight is 804 g/mol. The number of thiophene rings is 1. The van der Waals surface area contributed by atoms with Gasteiger partial charge in [-0.3, -0.25) is 4.99 Å². The van der Waals surface area contributed by atoms with Crippen LogP contribution in [0.2, 0.25) is 0 Å². The Balaban J connectivity index is 0.000000219. The lowest BCUT2D eigenvalue weighted by Crippen LogP contribution is -2.01. The van der Waals surface area contributed by atoms with Gasteiger partial charge in [-0.15, -0.1) is 11.3 Å². The number of allylic oxidation sites excluding steroid dienone is 4. The lowest BCUT2D eigenvalue weighted by atomic mass is 9.88. The van der Waals surface area contributed by atoms with Gasteiger partial charge in [-0.2, -0.15) is 0 Å². The summed E-state index contributed by atoms with van der Waals surface area (Å²) in [5.74, 6) is 0. The normalized spacial score (nSPS) is 11.9. The molecule has 0 aliphatic rings. The second-order valence-electron chi connectivity index (χ2n) is 14.6. The number of fused-ring (bicyclic) bond motifs is 2. The molecule has 60 heavy (non-hydrogen) atoms. The minimum Gasteiger partial charge on any atom is -0.253 e. The topological polar surface area (TPSA) is 12.4 Å². The lowest BCUT2D eigenvalue weighted by molar-refractivity contribution is 1.21. The number of aryl methyl sites for hydroxylation is 1. The highest BCUT2D eigenvalue weighted by Gasteiger charge is 2.18. The van der Waals surface area contributed by atoms with Crippen LogP contribution in [0.1, 0.15) is 111 Å². The second kappa shape index (κ2) is 21.8. The van der Waals surface area contributed by atoms with Crippen LogP contribution in [-0.4, -0.2) is 5.71 Å². The van der Waals surface area contributed by atoms with Crippen LogP contribution in [0.3, 0.4) is 0 Å². The summed E-state index contributed by atoms with van der Waals surface area (Å²) in [5.41, 5.74) is 17.0. The van der Waals surface area contributed by atoms with Crippen LogP contribution in [-0.2, 0) is 0 Å².